The van der Waals surface area contributed by atoms with E-state index in [1.807, 2.05) is 18.2 Å². The molecule has 0 spiro atoms. The lowest BCUT2D eigenvalue weighted by atomic mass is 9.96. The van der Waals surface area contributed by atoms with Gasteiger partial charge in [-0.2, -0.15) is 0 Å². The fraction of sp³-hybridized carbons (Fsp3) is 0.222. The number of benzene rings is 2. The molecule has 0 bridgehead atoms. The van der Waals surface area contributed by atoms with Crippen LogP contribution in [-0.2, 0) is 16.8 Å². The fourth-order valence-corrected chi connectivity index (χ4v) is 3.92. The van der Waals surface area contributed by atoms with Gasteiger partial charge in [0.15, 0.2) is 0 Å². The van der Waals surface area contributed by atoms with E-state index >= 15 is 0 Å². The van der Waals surface area contributed by atoms with Crippen LogP contribution in [0.1, 0.15) is 36.0 Å². The number of halogens is 2. The minimum Gasteiger partial charge on any atom is -0.772 e. The topological polar surface area (TPSA) is 40.1 Å². The summed E-state index contributed by atoms with van der Waals surface area (Å²) in [6.07, 6.45) is 2.93. The van der Waals surface area contributed by atoms with Gasteiger partial charge < -0.3 is 4.55 Å². The highest BCUT2D eigenvalue weighted by Gasteiger charge is 2.18. The van der Waals surface area contributed by atoms with E-state index in [1.165, 1.54) is 11.6 Å². The number of hydrogen-bond acceptors (Lipinski definition) is 2. The van der Waals surface area contributed by atoms with Crippen molar-refractivity contribution in [3.05, 3.63) is 69.4 Å². The van der Waals surface area contributed by atoms with Crippen molar-refractivity contribution in [2.45, 2.75) is 25.0 Å². The summed E-state index contributed by atoms with van der Waals surface area (Å²) in [4.78, 5) is 0. The van der Waals surface area contributed by atoms with Crippen molar-refractivity contribution in [1.29, 1.82) is 0 Å². The summed E-state index contributed by atoms with van der Waals surface area (Å²) in [6.45, 7) is 0. The van der Waals surface area contributed by atoms with Crippen LogP contribution in [0.3, 0.4) is 0 Å². The van der Waals surface area contributed by atoms with E-state index in [9.17, 15) is 13.2 Å². The van der Waals surface area contributed by atoms with Crippen molar-refractivity contribution in [3.63, 3.8) is 0 Å². The van der Waals surface area contributed by atoms with Gasteiger partial charge in [0.05, 0.1) is 0 Å². The van der Waals surface area contributed by atoms with E-state index in [0.717, 1.165) is 40.4 Å². The second-order valence-corrected chi connectivity index (χ2v) is 7.39. The zero-order valence-corrected chi connectivity index (χ0v) is 14.8. The molecular weight excluding hydrogens is 379 g/mol. The van der Waals surface area contributed by atoms with Crippen LogP contribution in [0, 0.1) is 5.82 Å². The first-order chi connectivity index (χ1) is 11.0. The van der Waals surface area contributed by atoms with Gasteiger partial charge in [0.2, 0.25) is 0 Å². The van der Waals surface area contributed by atoms with Gasteiger partial charge in [0, 0.05) is 10.2 Å². The lowest BCUT2D eigenvalue weighted by Gasteiger charge is -2.11. The molecule has 1 aliphatic carbocycles. The molecule has 0 amide bonds. The Hall–Kier alpha value is -1.30. The molecule has 3 rings (SSSR count). The van der Waals surface area contributed by atoms with Crippen LogP contribution >= 0.6 is 15.9 Å². The Morgan fingerprint density at radius 1 is 1.09 bits per heavy atom. The molecule has 0 saturated heterocycles. The summed E-state index contributed by atoms with van der Waals surface area (Å²) in [7, 11) is 0. The van der Waals surface area contributed by atoms with Crippen molar-refractivity contribution >= 4 is 38.2 Å². The molecule has 0 radical (unpaired) electrons. The van der Waals surface area contributed by atoms with E-state index in [-0.39, 0.29) is 11.3 Å². The molecule has 0 fully saturated rings. The molecule has 2 aromatic carbocycles. The second kappa shape index (κ2) is 7.07. The van der Waals surface area contributed by atoms with Crippen LogP contribution in [0.25, 0.3) is 11.1 Å². The maximum absolute atomic E-state index is 14.2. The van der Waals surface area contributed by atoms with Crippen LogP contribution in [0.2, 0.25) is 0 Å². The molecule has 0 aliphatic heterocycles. The predicted molar refractivity (Wildman–Crippen MR) is 93.8 cm³/mol. The Labute approximate surface area is 145 Å². The quantitative estimate of drug-likeness (QED) is 0.680. The van der Waals surface area contributed by atoms with Crippen molar-refractivity contribution < 1.29 is 13.2 Å². The molecule has 0 saturated carbocycles. The largest absolute Gasteiger partial charge is 0.772 e. The third-order valence-electron chi connectivity index (χ3n) is 4.07. The fourth-order valence-electron chi connectivity index (χ4n) is 3.04. The lowest BCUT2D eigenvalue weighted by molar-refractivity contribution is 0.533. The summed E-state index contributed by atoms with van der Waals surface area (Å²) in [5.74, 6) is -0.747. The molecule has 120 valence electrons. The van der Waals surface area contributed by atoms with Crippen molar-refractivity contribution in [1.82, 2.24) is 0 Å². The molecule has 1 atom stereocenters. The monoisotopic (exact) mass is 393 g/mol. The first kappa shape index (κ1) is 16.6. The van der Waals surface area contributed by atoms with E-state index in [2.05, 4.69) is 28.1 Å². The van der Waals surface area contributed by atoms with Crippen LogP contribution in [0.5, 0.6) is 0 Å². The van der Waals surface area contributed by atoms with E-state index in [4.69, 9.17) is 0 Å². The van der Waals surface area contributed by atoms with E-state index in [1.54, 1.807) is 6.07 Å². The zero-order valence-electron chi connectivity index (χ0n) is 12.4. The average Bonchev–Trinajstić information content (AvgIpc) is 2.98. The molecule has 2 nitrogen and oxygen atoms in total. The van der Waals surface area contributed by atoms with Gasteiger partial charge in [-0.15, -0.1) is 0 Å². The molecule has 2 aromatic rings. The highest BCUT2D eigenvalue weighted by molar-refractivity contribution is 9.10. The maximum Gasteiger partial charge on any atom is 0.127 e. The molecule has 0 heterocycles. The van der Waals surface area contributed by atoms with E-state index < -0.39 is 16.9 Å². The van der Waals surface area contributed by atoms with Gasteiger partial charge in [-0.3, -0.25) is 4.21 Å². The smallest absolute Gasteiger partial charge is 0.127 e. The SMILES string of the molecule is O=S([O-])Cc1ccc(C2=C(c3cccc(Br)c3)CCC2)cc1F. The lowest BCUT2D eigenvalue weighted by Crippen LogP contribution is -1.98. The standard InChI is InChI=1S/C18H16BrFO2S/c19-15-4-1-3-12(9-15)16-5-2-6-17(16)13-7-8-14(11-23(21)22)18(20)10-13/h1,3-4,7-10H,2,5-6,11H2,(H,21,22)/p-1. The summed E-state index contributed by atoms with van der Waals surface area (Å²) >= 11 is 1.21. The molecule has 5 heteroatoms. The minimum absolute atomic E-state index is 0.213. The normalized spacial score (nSPS) is 16.0. The van der Waals surface area contributed by atoms with Crippen molar-refractivity contribution in [2.75, 3.05) is 0 Å². The summed E-state index contributed by atoms with van der Waals surface area (Å²) < 4.78 is 36.7. The van der Waals surface area contributed by atoms with Crippen molar-refractivity contribution in [3.8, 4) is 0 Å². The molecular formula is C18H15BrFO2S-. The van der Waals surface area contributed by atoms with Crippen LogP contribution < -0.4 is 0 Å². The minimum atomic E-state index is -2.28. The van der Waals surface area contributed by atoms with Crippen LogP contribution in [0.4, 0.5) is 4.39 Å². The summed E-state index contributed by atoms with van der Waals surface area (Å²) in [6, 6.07) is 13.0. The Morgan fingerprint density at radius 2 is 1.78 bits per heavy atom. The highest BCUT2D eigenvalue weighted by Crippen LogP contribution is 2.40. The Balaban J connectivity index is 2.00. The zero-order chi connectivity index (χ0) is 16.4. The number of hydrogen-bond donors (Lipinski definition) is 0. The Bertz CT molecular complexity index is 801. The highest BCUT2D eigenvalue weighted by atomic mass is 79.9. The average molecular weight is 394 g/mol. The van der Waals surface area contributed by atoms with E-state index in [0.29, 0.717) is 0 Å². The Morgan fingerprint density at radius 3 is 2.39 bits per heavy atom. The van der Waals surface area contributed by atoms with Crippen LogP contribution in [0.15, 0.2) is 46.9 Å². The Kier molecular flexibility index (Phi) is 5.09. The van der Waals surface area contributed by atoms with Gasteiger partial charge in [-0.05, 0) is 65.3 Å². The van der Waals surface area contributed by atoms with Crippen LogP contribution in [-0.4, -0.2) is 8.76 Å². The first-order valence-corrected chi connectivity index (χ1v) is 9.41. The summed E-state index contributed by atoms with van der Waals surface area (Å²) in [5, 5.41) is 0. The third-order valence-corrected chi connectivity index (χ3v) is 5.11. The maximum atomic E-state index is 14.2. The van der Waals surface area contributed by atoms with Gasteiger partial charge in [-0.25, -0.2) is 4.39 Å². The predicted octanol–water partition coefficient (Wildman–Crippen LogP) is 5.06. The third kappa shape index (κ3) is 3.79. The number of allylic oxidation sites excluding steroid dienone is 2. The molecule has 0 N–H and O–H groups in total. The number of rotatable bonds is 4. The van der Waals surface area contributed by atoms with Gasteiger partial charge in [0.1, 0.15) is 5.82 Å². The molecule has 1 unspecified atom stereocenters. The van der Waals surface area contributed by atoms with Gasteiger partial charge in [0.25, 0.3) is 0 Å². The molecule has 1 aliphatic rings. The molecule has 23 heavy (non-hydrogen) atoms. The van der Waals surface area contributed by atoms with Gasteiger partial charge >= 0.3 is 0 Å². The summed E-state index contributed by atoms with van der Waals surface area (Å²) in [5.41, 5.74) is 4.60. The van der Waals surface area contributed by atoms with Gasteiger partial charge in [-0.1, -0.05) is 51.3 Å². The first-order valence-electron chi connectivity index (χ1n) is 7.37. The second-order valence-electron chi connectivity index (χ2n) is 5.58. The van der Waals surface area contributed by atoms with Crippen molar-refractivity contribution in [2.24, 2.45) is 0 Å². The molecule has 0 aromatic heterocycles.